The zero-order chi connectivity index (χ0) is 23.6. The molecule has 0 amide bonds. The van der Waals surface area contributed by atoms with E-state index < -0.39 is 10.0 Å². The van der Waals surface area contributed by atoms with Crippen molar-refractivity contribution in [3.63, 3.8) is 0 Å². The highest BCUT2D eigenvalue weighted by Gasteiger charge is 2.20. The van der Waals surface area contributed by atoms with Gasteiger partial charge in [-0.15, -0.1) is 0 Å². The van der Waals surface area contributed by atoms with Crippen molar-refractivity contribution in [3.05, 3.63) is 82.2 Å². The van der Waals surface area contributed by atoms with Crippen LogP contribution in [0.3, 0.4) is 0 Å². The van der Waals surface area contributed by atoms with Crippen LogP contribution in [-0.4, -0.2) is 23.5 Å². The molecule has 7 nitrogen and oxygen atoms in total. The average Bonchev–Trinajstić information content (AvgIpc) is 3.14. The normalized spacial score (nSPS) is 11.4. The standard InChI is InChI=1S/C23H21BrN4O3S2/c1-14-3-4-16(11-21(14)33(30,31)28-18-5-7-20(29)8-6-18)22-15(2)27-23(32-22)26-13-19-12-17(24)9-10-25-19/h3-12,28-29H,13H2,1-2H3,(H,26,27). The van der Waals surface area contributed by atoms with Crippen molar-refractivity contribution in [3.8, 4) is 16.2 Å². The molecule has 0 fully saturated rings. The van der Waals surface area contributed by atoms with E-state index in [0.717, 1.165) is 31.4 Å². The van der Waals surface area contributed by atoms with Crippen LogP contribution in [0, 0.1) is 13.8 Å². The van der Waals surface area contributed by atoms with E-state index in [1.54, 1.807) is 25.3 Å². The summed E-state index contributed by atoms with van der Waals surface area (Å²) in [6.45, 7) is 4.18. The minimum absolute atomic E-state index is 0.0666. The lowest BCUT2D eigenvalue weighted by molar-refractivity contribution is 0.475. The number of nitrogens with zero attached hydrogens (tertiary/aromatic N) is 2. The average molecular weight is 545 g/mol. The Labute approximate surface area is 204 Å². The highest BCUT2D eigenvalue weighted by atomic mass is 79.9. The third kappa shape index (κ3) is 5.52. The molecule has 0 unspecified atom stereocenters. The Kier molecular flexibility index (Phi) is 6.68. The van der Waals surface area contributed by atoms with Crippen molar-refractivity contribution in [2.45, 2.75) is 25.3 Å². The van der Waals surface area contributed by atoms with Gasteiger partial charge >= 0.3 is 0 Å². The smallest absolute Gasteiger partial charge is 0.262 e. The maximum Gasteiger partial charge on any atom is 0.262 e. The molecular formula is C23H21BrN4O3S2. The third-order valence-corrected chi connectivity index (χ3v) is 8.04. The third-order valence-electron chi connectivity index (χ3n) is 4.86. The second kappa shape index (κ2) is 9.50. The number of thiazole rings is 1. The van der Waals surface area contributed by atoms with Gasteiger partial charge < -0.3 is 10.4 Å². The number of sulfonamides is 1. The molecule has 33 heavy (non-hydrogen) atoms. The van der Waals surface area contributed by atoms with Crippen LogP contribution in [0.1, 0.15) is 17.0 Å². The summed E-state index contributed by atoms with van der Waals surface area (Å²) < 4.78 is 29.6. The second-order valence-electron chi connectivity index (χ2n) is 7.39. The topological polar surface area (TPSA) is 104 Å². The summed E-state index contributed by atoms with van der Waals surface area (Å²) >= 11 is 4.90. The number of rotatable bonds is 7. The van der Waals surface area contributed by atoms with E-state index in [1.165, 1.54) is 35.6 Å². The highest BCUT2D eigenvalue weighted by Crippen LogP contribution is 2.35. The van der Waals surface area contributed by atoms with Crippen LogP contribution in [0.25, 0.3) is 10.4 Å². The number of aromatic hydroxyl groups is 1. The zero-order valence-corrected chi connectivity index (χ0v) is 21.1. The molecule has 2 aromatic carbocycles. The lowest BCUT2D eigenvalue weighted by Crippen LogP contribution is -2.14. The summed E-state index contributed by atoms with van der Waals surface area (Å²) in [5.41, 5.74) is 3.46. The molecule has 0 atom stereocenters. The number of aromatic nitrogens is 2. The van der Waals surface area contributed by atoms with E-state index in [0.29, 0.717) is 17.8 Å². The Morgan fingerprint density at radius 1 is 1.06 bits per heavy atom. The van der Waals surface area contributed by atoms with Crippen molar-refractivity contribution in [2.24, 2.45) is 0 Å². The summed E-state index contributed by atoms with van der Waals surface area (Å²) in [7, 11) is -3.82. The number of nitrogens with one attached hydrogen (secondary N) is 2. The van der Waals surface area contributed by atoms with Crippen LogP contribution in [0.5, 0.6) is 5.75 Å². The minimum atomic E-state index is -3.82. The van der Waals surface area contributed by atoms with Gasteiger partial charge in [0.2, 0.25) is 0 Å². The Balaban J connectivity index is 1.58. The Morgan fingerprint density at radius 2 is 1.82 bits per heavy atom. The molecule has 170 valence electrons. The quantitative estimate of drug-likeness (QED) is 0.257. The first-order valence-corrected chi connectivity index (χ1v) is 13.0. The fourth-order valence-electron chi connectivity index (χ4n) is 3.22. The Hall–Kier alpha value is -2.95. The lowest BCUT2D eigenvalue weighted by Gasteiger charge is -2.12. The van der Waals surface area contributed by atoms with Crippen LogP contribution in [0.2, 0.25) is 0 Å². The molecule has 0 spiro atoms. The number of pyridine rings is 1. The van der Waals surface area contributed by atoms with Gasteiger partial charge in [0.25, 0.3) is 10.0 Å². The molecule has 0 aliphatic rings. The summed E-state index contributed by atoms with van der Waals surface area (Å²) in [5, 5.41) is 13.4. The first-order chi connectivity index (χ1) is 15.7. The van der Waals surface area contributed by atoms with Gasteiger partial charge in [0.05, 0.1) is 27.7 Å². The van der Waals surface area contributed by atoms with Gasteiger partial charge in [-0.3, -0.25) is 9.71 Å². The van der Waals surface area contributed by atoms with Crippen LogP contribution in [0.4, 0.5) is 10.8 Å². The van der Waals surface area contributed by atoms with Crippen molar-refractivity contribution in [2.75, 3.05) is 10.0 Å². The molecule has 0 saturated heterocycles. The van der Waals surface area contributed by atoms with Crippen molar-refractivity contribution >= 4 is 48.1 Å². The number of phenolic OH excluding ortho intramolecular Hbond substituents is 1. The van der Waals surface area contributed by atoms with Gasteiger partial charge in [0.1, 0.15) is 5.75 Å². The number of benzene rings is 2. The van der Waals surface area contributed by atoms with Crippen LogP contribution in [-0.2, 0) is 16.6 Å². The largest absolute Gasteiger partial charge is 0.508 e. The molecule has 4 aromatic rings. The lowest BCUT2D eigenvalue weighted by atomic mass is 10.1. The Morgan fingerprint density at radius 3 is 2.55 bits per heavy atom. The molecule has 2 heterocycles. The number of phenols is 1. The van der Waals surface area contributed by atoms with Gasteiger partial charge in [-0.05, 0) is 67.4 Å². The van der Waals surface area contributed by atoms with Crippen LogP contribution < -0.4 is 10.0 Å². The van der Waals surface area contributed by atoms with Gasteiger partial charge in [-0.25, -0.2) is 13.4 Å². The monoisotopic (exact) mass is 544 g/mol. The fourth-order valence-corrected chi connectivity index (χ4v) is 5.89. The van der Waals surface area contributed by atoms with E-state index in [1.807, 2.05) is 25.1 Å². The van der Waals surface area contributed by atoms with E-state index >= 15 is 0 Å². The number of aryl methyl sites for hydroxylation is 2. The molecule has 0 aliphatic carbocycles. The molecule has 0 aliphatic heterocycles. The molecular weight excluding hydrogens is 524 g/mol. The van der Waals surface area contributed by atoms with Crippen molar-refractivity contribution < 1.29 is 13.5 Å². The molecule has 0 radical (unpaired) electrons. The first kappa shape index (κ1) is 23.2. The molecule has 0 bridgehead atoms. The van der Waals surface area contributed by atoms with Crippen LogP contribution in [0.15, 0.2) is 70.2 Å². The Bertz CT molecular complexity index is 1400. The van der Waals surface area contributed by atoms with Gasteiger partial charge in [0, 0.05) is 16.4 Å². The number of halogens is 1. The summed E-state index contributed by atoms with van der Waals surface area (Å²) in [6, 6.07) is 15.0. The summed E-state index contributed by atoms with van der Waals surface area (Å²) in [5.74, 6) is 0.0666. The van der Waals surface area contributed by atoms with E-state index in [9.17, 15) is 13.5 Å². The number of anilines is 2. The predicted octanol–water partition coefficient (Wildman–Crippen LogP) is 5.70. The van der Waals surface area contributed by atoms with Gasteiger partial charge in [0.15, 0.2) is 5.13 Å². The molecule has 3 N–H and O–H groups in total. The SMILES string of the molecule is Cc1ccc(-c2sc(NCc3cc(Br)ccn3)nc2C)cc1S(=O)(=O)Nc1ccc(O)cc1. The predicted molar refractivity (Wildman–Crippen MR) is 135 cm³/mol. The fraction of sp³-hybridized carbons (Fsp3) is 0.130. The molecule has 0 saturated carbocycles. The maximum absolute atomic E-state index is 13.1. The zero-order valence-electron chi connectivity index (χ0n) is 17.8. The molecule has 10 heteroatoms. The highest BCUT2D eigenvalue weighted by molar-refractivity contribution is 9.10. The molecule has 2 aromatic heterocycles. The van der Waals surface area contributed by atoms with Crippen LogP contribution >= 0.6 is 27.3 Å². The summed E-state index contributed by atoms with van der Waals surface area (Å²) in [6.07, 6.45) is 1.74. The van der Waals surface area contributed by atoms with Crippen molar-refractivity contribution in [1.82, 2.24) is 9.97 Å². The minimum Gasteiger partial charge on any atom is -0.508 e. The number of hydrogen-bond acceptors (Lipinski definition) is 7. The summed E-state index contributed by atoms with van der Waals surface area (Å²) in [4.78, 5) is 10.00. The van der Waals surface area contributed by atoms with Gasteiger partial charge in [-0.1, -0.05) is 39.4 Å². The number of hydrogen-bond donors (Lipinski definition) is 3. The van der Waals surface area contributed by atoms with Crippen molar-refractivity contribution in [1.29, 1.82) is 0 Å². The van der Waals surface area contributed by atoms with E-state index in [-0.39, 0.29) is 10.6 Å². The molecule has 4 rings (SSSR count). The second-order valence-corrected chi connectivity index (χ2v) is 11.0. The van der Waals surface area contributed by atoms with E-state index in [2.05, 4.69) is 35.9 Å². The maximum atomic E-state index is 13.1. The van der Waals surface area contributed by atoms with E-state index in [4.69, 9.17) is 0 Å². The van der Waals surface area contributed by atoms with Gasteiger partial charge in [-0.2, -0.15) is 0 Å². The first-order valence-electron chi connectivity index (χ1n) is 9.96.